The Morgan fingerprint density at radius 2 is 1.93 bits per heavy atom. The highest BCUT2D eigenvalue weighted by Gasteiger charge is 2.21. The third-order valence-corrected chi connectivity index (χ3v) is 5.54. The number of aryl methyl sites for hydroxylation is 2. The summed E-state index contributed by atoms with van der Waals surface area (Å²) in [6.45, 7) is 5.15. The lowest BCUT2D eigenvalue weighted by Crippen LogP contribution is -2.38. The fraction of sp³-hybridized carbons (Fsp3) is 0.292. The highest BCUT2D eigenvalue weighted by molar-refractivity contribution is 6.04. The minimum Gasteiger partial charge on any atom is -0.333 e. The molecule has 0 saturated carbocycles. The zero-order valence-corrected chi connectivity index (χ0v) is 17.2. The Kier molecular flexibility index (Phi) is 5.64. The van der Waals surface area contributed by atoms with Crippen LogP contribution in [0.3, 0.4) is 0 Å². The van der Waals surface area contributed by atoms with E-state index in [-0.39, 0.29) is 11.9 Å². The highest BCUT2D eigenvalue weighted by Crippen LogP contribution is 2.21. The molecule has 1 aromatic heterocycles. The molecule has 2 atom stereocenters. The lowest BCUT2D eigenvalue weighted by molar-refractivity contribution is 0.102. The van der Waals surface area contributed by atoms with Gasteiger partial charge in [0.2, 0.25) is 0 Å². The van der Waals surface area contributed by atoms with Crippen molar-refractivity contribution in [1.82, 2.24) is 14.9 Å². The first-order chi connectivity index (χ1) is 14.5. The highest BCUT2D eigenvalue weighted by atomic mass is 16.1. The second-order valence-electron chi connectivity index (χ2n) is 7.84. The van der Waals surface area contributed by atoms with Crippen LogP contribution in [0.4, 0.5) is 5.69 Å². The molecule has 2 N–H and O–H groups in total. The van der Waals surface area contributed by atoms with E-state index in [0.717, 1.165) is 30.8 Å². The number of amides is 1. The van der Waals surface area contributed by atoms with Gasteiger partial charge in [-0.1, -0.05) is 12.1 Å². The molecular formula is C24H25N5O. The summed E-state index contributed by atoms with van der Waals surface area (Å²) in [5.74, 6) is 0.993. The monoisotopic (exact) mass is 399 g/mol. The summed E-state index contributed by atoms with van der Waals surface area (Å²) in [6, 6.07) is 17.2. The molecule has 2 unspecified atom stereocenters. The summed E-state index contributed by atoms with van der Waals surface area (Å²) in [5.41, 5.74) is 4.07. The summed E-state index contributed by atoms with van der Waals surface area (Å²) >= 11 is 0. The Morgan fingerprint density at radius 3 is 2.63 bits per heavy atom. The summed E-state index contributed by atoms with van der Waals surface area (Å²) < 4.78 is 2.25. The molecule has 4 rings (SSSR count). The molecule has 6 nitrogen and oxygen atoms in total. The van der Waals surface area contributed by atoms with E-state index < -0.39 is 0 Å². The van der Waals surface area contributed by atoms with Gasteiger partial charge in [0.1, 0.15) is 5.82 Å². The lowest BCUT2D eigenvalue weighted by Gasteiger charge is -2.28. The zero-order valence-electron chi connectivity index (χ0n) is 17.2. The van der Waals surface area contributed by atoms with Crippen molar-refractivity contribution < 1.29 is 4.79 Å². The van der Waals surface area contributed by atoms with E-state index in [1.165, 1.54) is 11.4 Å². The van der Waals surface area contributed by atoms with Gasteiger partial charge in [-0.2, -0.15) is 5.26 Å². The molecule has 0 fully saturated rings. The normalized spacial score (nSPS) is 16.4. The van der Waals surface area contributed by atoms with Crippen molar-refractivity contribution in [2.24, 2.45) is 0 Å². The van der Waals surface area contributed by atoms with Gasteiger partial charge < -0.3 is 15.2 Å². The number of carbonyl (C=O) groups excluding carboxylic acids is 1. The van der Waals surface area contributed by atoms with Gasteiger partial charge in [-0.25, -0.2) is 4.98 Å². The van der Waals surface area contributed by atoms with Crippen LogP contribution in [0, 0.1) is 18.3 Å². The molecule has 1 aliphatic rings. The van der Waals surface area contributed by atoms with E-state index in [1.54, 1.807) is 24.3 Å². The number of nitrogens with zero attached hydrogens (tertiary/aromatic N) is 3. The van der Waals surface area contributed by atoms with E-state index >= 15 is 0 Å². The second-order valence-corrected chi connectivity index (χ2v) is 7.84. The van der Waals surface area contributed by atoms with E-state index in [1.807, 2.05) is 31.2 Å². The molecule has 1 amide bonds. The number of nitriles is 1. The first-order valence-electron chi connectivity index (χ1n) is 10.2. The smallest absolute Gasteiger partial charge is 0.255 e. The van der Waals surface area contributed by atoms with Crippen molar-refractivity contribution in [3.63, 3.8) is 0 Å². The van der Waals surface area contributed by atoms with Gasteiger partial charge >= 0.3 is 0 Å². The number of carbonyl (C=O) groups is 1. The van der Waals surface area contributed by atoms with E-state index in [4.69, 9.17) is 5.26 Å². The Morgan fingerprint density at radius 1 is 1.20 bits per heavy atom. The molecule has 0 saturated heterocycles. The van der Waals surface area contributed by atoms with Crippen LogP contribution in [-0.4, -0.2) is 21.5 Å². The number of aromatic nitrogens is 2. The van der Waals surface area contributed by atoms with Gasteiger partial charge in [-0.3, -0.25) is 4.79 Å². The van der Waals surface area contributed by atoms with Gasteiger partial charge in [-0.05, 0) is 62.2 Å². The number of nitrogens with one attached hydrogen (secondary N) is 2. The first-order valence-corrected chi connectivity index (χ1v) is 10.2. The maximum Gasteiger partial charge on any atom is 0.255 e. The summed E-state index contributed by atoms with van der Waals surface area (Å²) in [5, 5.41) is 15.5. The molecule has 0 spiro atoms. The fourth-order valence-electron chi connectivity index (χ4n) is 3.93. The average Bonchev–Trinajstić information content (AvgIpc) is 3.13. The second kappa shape index (κ2) is 8.52. The van der Waals surface area contributed by atoms with E-state index in [2.05, 4.69) is 39.4 Å². The number of anilines is 1. The zero-order chi connectivity index (χ0) is 21.1. The van der Waals surface area contributed by atoms with Crippen LogP contribution in [0.2, 0.25) is 0 Å². The summed E-state index contributed by atoms with van der Waals surface area (Å²) in [7, 11) is 0. The van der Waals surface area contributed by atoms with Gasteiger partial charge in [-0.15, -0.1) is 0 Å². The standard InChI is InChI=1S/C24H25N5O/c1-16-14-29-15-22(11-12-23(29)26-16)27-17(2)19-7-9-21(10-8-19)28-24(30)20-5-3-18(13-25)4-6-20/h3-10,14,17,22,27H,11-12,15H2,1-2H3,(H,28,30). The Bertz CT molecular complexity index is 1080. The number of fused-ring (bicyclic) bond motifs is 1. The lowest BCUT2D eigenvalue weighted by atomic mass is 10.0. The maximum atomic E-state index is 12.4. The van der Waals surface area contributed by atoms with Crippen LogP contribution >= 0.6 is 0 Å². The Hall–Kier alpha value is -3.43. The van der Waals surface area contributed by atoms with Gasteiger partial charge in [0.15, 0.2) is 0 Å². The number of hydrogen-bond donors (Lipinski definition) is 2. The first kappa shape index (κ1) is 19.9. The number of hydrogen-bond acceptors (Lipinski definition) is 4. The van der Waals surface area contributed by atoms with Crippen molar-refractivity contribution >= 4 is 11.6 Å². The largest absolute Gasteiger partial charge is 0.333 e. The van der Waals surface area contributed by atoms with Crippen LogP contribution in [0.5, 0.6) is 0 Å². The molecule has 6 heteroatoms. The average molecular weight is 399 g/mol. The van der Waals surface area contributed by atoms with Crippen molar-refractivity contribution in [1.29, 1.82) is 5.26 Å². The van der Waals surface area contributed by atoms with Crippen molar-refractivity contribution in [2.45, 2.75) is 45.3 Å². The molecule has 3 aromatic rings. The third-order valence-electron chi connectivity index (χ3n) is 5.54. The van der Waals surface area contributed by atoms with Crippen molar-refractivity contribution in [3.8, 4) is 6.07 Å². The van der Waals surface area contributed by atoms with Gasteiger partial charge in [0.25, 0.3) is 5.91 Å². The number of imidazole rings is 1. The van der Waals surface area contributed by atoms with E-state index in [9.17, 15) is 4.79 Å². The predicted molar refractivity (Wildman–Crippen MR) is 116 cm³/mol. The van der Waals surface area contributed by atoms with Crippen LogP contribution in [-0.2, 0) is 13.0 Å². The van der Waals surface area contributed by atoms with Crippen LogP contribution in [0.15, 0.2) is 54.7 Å². The minimum absolute atomic E-state index is 0.188. The summed E-state index contributed by atoms with van der Waals surface area (Å²) in [6.07, 6.45) is 4.21. The van der Waals surface area contributed by atoms with Crippen LogP contribution in [0.25, 0.3) is 0 Å². The topological polar surface area (TPSA) is 82.7 Å². The van der Waals surface area contributed by atoms with Crippen molar-refractivity contribution in [2.75, 3.05) is 5.32 Å². The van der Waals surface area contributed by atoms with Gasteiger partial charge in [0, 0.05) is 42.5 Å². The summed E-state index contributed by atoms with van der Waals surface area (Å²) in [4.78, 5) is 17.0. The minimum atomic E-state index is -0.188. The Labute approximate surface area is 176 Å². The number of benzene rings is 2. The molecule has 0 aliphatic carbocycles. The van der Waals surface area contributed by atoms with Crippen molar-refractivity contribution in [3.05, 3.63) is 82.9 Å². The molecule has 2 heterocycles. The van der Waals surface area contributed by atoms with E-state index in [0.29, 0.717) is 17.2 Å². The molecular weight excluding hydrogens is 374 g/mol. The van der Waals surface area contributed by atoms with Crippen LogP contribution < -0.4 is 10.6 Å². The maximum absolute atomic E-state index is 12.4. The molecule has 0 radical (unpaired) electrons. The predicted octanol–water partition coefficient (Wildman–Crippen LogP) is 3.98. The number of rotatable bonds is 5. The van der Waals surface area contributed by atoms with Crippen LogP contribution in [0.1, 0.15) is 52.4 Å². The molecule has 0 bridgehead atoms. The fourth-order valence-corrected chi connectivity index (χ4v) is 3.93. The molecule has 152 valence electrons. The Balaban J connectivity index is 1.34. The molecule has 1 aliphatic heterocycles. The SMILES string of the molecule is Cc1cn2c(n1)CCC(NC(C)c1ccc(NC(=O)c3ccc(C#N)cc3)cc1)C2. The molecule has 30 heavy (non-hydrogen) atoms. The third kappa shape index (κ3) is 4.42. The van der Waals surface area contributed by atoms with Gasteiger partial charge in [0.05, 0.1) is 17.3 Å². The quantitative estimate of drug-likeness (QED) is 0.680. The molecule has 2 aromatic carbocycles.